The van der Waals surface area contributed by atoms with Crippen molar-refractivity contribution >= 4 is 9.84 Å². The minimum Gasteiger partial charge on any atom is -0.223 e. The number of sulfone groups is 1. The number of hydrogen-bond acceptors (Lipinski definition) is 2. The summed E-state index contributed by atoms with van der Waals surface area (Å²) in [6.45, 7) is 1.95. The molecule has 1 aromatic carbocycles. The van der Waals surface area contributed by atoms with Crippen LogP contribution in [0.1, 0.15) is 18.4 Å². The molecule has 0 saturated heterocycles. The standard InChI is InChI=1S/C12H14O2S/c1-10-6-8-12(9-7-10)15(13,14)11-4-2-3-5-11/h2,4,6-9,11H,3,5H2,1H3. The van der Waals surface area contributed by atoms with Gasteiger partial charge in [0.2, 0.25) is 0 Å². The average molecular weight is 222 g/mol. The second-order valence-electron chi connectivity index (χ2n) is 3.90. The lowest BCUT2D eigenvalue weighted by Crippen LogP contribution is -2.16. The van der Waals surface area contributed by atoms with E-state index in [-0.39, 0.29) is 5.25 Å². The van der Waals surface area contributed by atoms with Crippen LogP contribution < -0.4 is 0 Å². The van der Waals surface area contributed by atoms with Crippen LogP contribution in [0.15, 0.2) is 41.3 Å². The van der Waals surface area contributed by atoms with E-state index in [1.54, 1.807) is 18.2 Å². The van der Waals surface area contributed by atoms with Crippen LogP contribution in [0.2, 0.25) is 0 Å². The summed E-state index contributed by atoms with van der Waals surface area (Å²) in [6.07, 6.45) is 5.33. The van der Waals surface area contributed by atoms with Crippen LogP contribution in [0.25, 0.3) is 0 Å². The Hall–Kier alpha value is -1.09. The van der Waals surface area contributed by atoms with Crippen LogP contribution in [-0.4, -0.2) is 13.7 Å². The molecular formula is C12H14O2S. The Bertz CT molecular complexity index is 469. The molecule has 0 spiro atoms. The molecule has 0 bridgehead atoms. The van der Waals surface area contributed by atoms with Gasteiger partial charge in [-0.15, -0.1) is 0 Å². The molecule has 1 atom stereocenters. The number of benzene rings is 1. The van der Waals surface area contributed by atoms with Crippen LogP contribution in [0.3, 0.4) is 0 Å². The summed E-state index contributed by atoms with van der Waals surface area (Å²) < 4.78 is 24.2. The molecule has 0 radical (unpaired) electrons. The molecule has 2 rings (SSSR count). The van der Waals surface area contributed by atoms with Gasteiger partial charge in [-0.25, -0.2) is 8.42 Å². The van der Waals surface area contributed by atoms with Crippen molar-refractivity contribution in [3.05, 3.63) is 42.0 Å². The Balaban J connectivity index is 2.37. The molecule has 3 heteroatoms. The Kier molecular flexibility index (Phi) is 2.65. The number of aryl methyl sites for hydroxylation is 1. The normalized spacial score (nSPS) is 20.7. The first-order valence-electron chi connectivity index (χ1n) is 5.08. The quantitative estimate of drug-likeness (QED) is 0.720. The minimum atomic E-state index is -3.14. The van der Waals surface area contributed by atoms with Crippen molar-refractivity contribution in [1.82, 2.24) is 0 Å². The van der Waals surface area contributed by atoms with Crippen LogP contribution in [0, 0.1) is 6.92 Å². The average Bonchev–Trinajstić information content (AvgIpc) is 2.71. The molecule has 0 amide bonds. The van der Waals surface area contributed by atoms with E-state index in [2.05, 4.69) is 0 Å². The molecule has 0 aliphatic heterocycles. The molecule has 80 valence electrons. The first kappa shape index (κ1) is 10.4. The maximum atomic E-state index is 12.1. The van der Waals surface area contributed by atoms with Crippen LogP contribution >= 0.6 is 0 Å². The minimum absolute atomic E-state index is 0.319. The first-order valence-corrected chi connectivity index (χ1v) is 6.62. The van der Waals surface area contributed by atoms with E-state index >= 15 is 0 Å². The van der Waals surface area contributed by atoms with Crippen molar-refractivity contribution in [2.75, 3.05) is 0 Å². The lowest BCUT2D eigenvalue weighted by Gasteiger charge is -2.09. The first-order chi connectivity index (χ1) is 7.10. The SMILES string of the molecule is Cc1ccc(S(=O)(=O)C2C=CCC2)cc1. The highest BCUT2D eigenvalue weighted by atomic mass is 32.2. The lowest BCUT2D eigenvalue weighted by molar-refractivity contribution is 0.587. The van der Waals surface area contributed by atoms with Crippen molar-refractivity contribution < 1.29 is 8.42 Å². The molecule has 0 aromatic heterocycles. The largest absolute Gasteiger partial charge is 0.223 e. The van der Waals surface area contributed by atoms with Gasteiger partial charge >= 0.3 is 0 Å². The lowest BCUT2D eigenvalue weighted by atomic mass is 10.2. The third-order valence-electron chi connectivity index (χ3n) is 2.72. The summed E-state index contributed by atoms with van der Waals surface area (Å²) in [5.74, 6) is 0. The molecule has 2 nitrogen and oxygen atoms in total. The molecule has 15 heavy (non-hydrogen) atoms. The van der Waals surface area contributed by atoms with E-state index in [9.17, 15) is 8.42 Å². The van der Waals surface area contributed by atoms with Gasteiger partial charge < -0.3 is 0 Å². The summed E-state index contributed by atoms with van der Waals surface area (Å²) in [7, 11) is -3.14. The van der Waals surface area contributed by atoms with E-state index in [1.165, 1.54) is 0 Å². The molecule has 1 unspecified atom stereocenters. The maximum Gasteiger partial charge on any atom is 0.184 e. The van der Waals surface area contributed by atoms with Gasteiger partial charge in [0.25, 0.3) is 0 Å². The van der Waals surface area contributed by atoms with Gasteiger partial charge in [-0.05, 0) is 31.9 Å². The second kappa shape index (κ2) is 3.81. The maximum absolute atomic E-state index is 12.1. The third-order valence-corrected chi connectivity index (χ3v) is 4.84. The molecule has 0 saturated carbocycles. The van der Waals surface area contributed by atoms with E-state index in [1.807, 2.05) is 25.1 Å². The smallest absolute Gasteiger partial charge is 0.184 e. The van der Waals surface area contributed by atoms with Gasteiger partial charge in [-0.3, -0.25) is 0 Å². The molecular weight excluding hydrogens is 208 g/mol. The zero-order valence-electron chi connectivity index (χ0n) is 8.68. The van der Waals surface area contributed by atoms with E-state index in [4.69, 9.17) is 0 Å². The molecule has 0 heterocycles. The van der Waals surface area contributed by atoms with Gasteiger partial charge in [0.15, 0.2) is 9.84 Å². The summed E-state index contributed by atoms with van der Waals surface area (Å²) >= 11 is 0. The van der Waals surface area contributed by atoms with Crippen molar-refractivity contribution in [2.24, 2.45) is 0 Å². The highest BCUT2D eigenvalue weighted by molar-refractivity contribution is 7.92. The van der Waals surface area contributed by atoms with Gasteiger partial charge in [0, 0.05) is 0 Å². The van der Waals surface area contributed by atoms with Gasteiger partial charge in [-0.2, -0.15) is 0 Å². The van der Waals surface area contributed by atoms with Gasteiger partial charge in [0.05, 0.1) is 10.1 Å². The van der Waals surface area contributed by atoms with Gasteiger partial charge in [-0.1, -0.05) is 29.8 Å². The molecule has 1 aromatic rings. The Labute approximate surface area is 90.6 Å². The summed E-state index contributed by atoms with van der Waals surface area (Å²) in [4.78, 5) is 0.435. The topological polar surface area (TPSA) is 34.1 Å². The third kappa shape index (κ3) is 1.97. The summed E-state index contributed by atoms with van der Waals surface area (Å²) in [5, 5.41) is -0.319. The van der Waals surface area contributed by atoms with Crippen molar-refractivity contribution in [3.63, 3.8) is 0 Å². The summed E-state index contributed by atoms with van der Waals surface area (Å²) in [5.41, 5.74) is 1.08. The fourth-order valence-corrected chi connectivity index (χ4v) is 3.40. The number of rotatable bonds is 2. The van der Waals surface area contributed by atoms with E-state index in [0.29, 0.717) is 4.90 Å². The Morgan fingerprint density at radius 2 is 1.87 bits per heavy atom. The predicted molar refractivity (Wildman–Crippen MR) is 60.5 cm³/mol. The Morgan fingerprint density at radius 1 is 1.20 bits per heavy atom. The second-order valence-corrected chi connectivity index (χ2v) is 6.07. The monoisotopic (exact) mass is 222 g/mol. The number of allylic oxidation sites excluding steroid dienone is 1. The predicted octanol–water partition coefficient (Wildman–Crippen LogP) is 2.49. The number of hydrogen-bond donors (Lipinski definition) is 0. The van der Waals surface area contributed by atoms with Crippen molar-refractivity contribution in [3.8, 4) is 0 Å². The molecule has 0 N–H and O–H groups in total. The zero-order chi connectivity index (χ0) is 10.9. The van der Waals surface area contributed by atoms with E-state index < -0.39 is 9.84 Å². The van der Waals surface area contributed by atoms with Crippen LogP contribution in [-0.2, 0) is 9.84 Å². The zero-order valence-corrected chi connectivity index (χ0v) is 9.50. The molecule has 1 aliphatic carbocycles. The van der Waals surface area contributed by atoms with Gasteiger partial charge in [0.1, 0.15) is 0 Å². The van der Waals surface area contributed by atoms with Crippen molar-refractivity contribution in [2.45, 2.75) is 29.9 Å². The fraction of sp³-hybridized carbons (Fsp3) is 0.333. The van der Waals surface area contributed by atoms with Crippen LogP contribution in [0.5, 0.6) is 0 Å². The van der Waals surface area contributed by atoms with Crippen LogP contribution in [0.4, 0.5) is 0 Å². The van der Waals surface area contributed by atoms with Crippen molar-refractivity contribution in [1.29, 1.82) is 0 Å². The molecule has 1 aliphatic rings. The highest BCUT2D eigenvalue weighted by Crippen LogP contribution is 2.24. The highest BCUT2D eigenvalue weighted by Gasteiger charge is 2.26. The fourth-order valence-electron chi connectivity index (χ4n) is 1.77. The Morgan fingerprint density at radius 3 is 2.40 bits per heavy atom. The summed E-state index contributed by atoms with van der Waals surface area (Å²) in [6, 6.07) is 7.06. The molecule has 0 fully saturated rings. The van der Waals surface area contributed by atoms with E-state index in [0.717, 1.165) is 18.4 Å².